The van der Waals surface area contributed by atoms with Crippen molar-refractivity contribution in [3.63, 3.8) is 0 Å². The lowest BCUT2D eigenvalue weighted by atomic mass is 10.1. The maximum absolute atomic E-state index is 9.82. The van der Waals surface area contributed by atoms with Crippen LogP contribution in [0.25, 0.3) is 11.4 Å². The molecule has 2 N–H and O–H groups in total. The molecule has 0 amide bonds. The molecule has 0 saturated heterocycles. The van der Waals surface area contributed by atoms with E-state index in [1.165, 1.54) is 0 Å². The Kier molecular flexibility index (Phi) is 3.69. The fourth-order valence-electron chi connectivity index (χ4n) is 2.05. The molecule has 0 bridgehead atoms. The van der Waals surface area contributed by atoms with Gasteiger partial charge in [-0.05, 0) is 51.0 Å². The predicted octanol–water partition coefficient (Wildman–Crippen LogP) is 3.21. The average Bonchev–Trinajstić information content (AvgIpc) is 2.35. The van der Waals surface area contributed by atoms with Gasteiger partial charge in [0.05, 0.1) is 0 Å². The van der Waals surface area contributed by atoms with E-state index in [0.29, 0.717) is 11.6 Å². The van der Waals surface area contributed by atoms with Gasteiger partial charge in [0, 0.05) is 23.9 Å². The number of nitrogens with zero attached hydrogens (tertiary/aromatic N) is 2. The van der Waals surface area contributed by atoms with Crippen molar-refractivity contribution >= 4 is 5.82 Å². The fraction of sp³-hybridized carbons (Fsp3) is 0.333. The van der Waals surface area contributed by atoms with Crippen LogP contribution in [-0.2, 0) is 0 Å². The van der Waals surface area contributed by atoms with Crippen molar-refractivity contribution in [1.29, 1.82) is 0 Å². The van der Waals surface area contributed by atoms with Crippen LogP contribution in [0.4, 0.5) is 5.82 Å². The number of hydrogen-bond acceptors (Lipinski definition) is 4. The van der Waals surface area contributed by atoms with Crippen LogP contribution in [0.1, 0.15) is 23.7 Å². The molecule has 0 saturated carbocycles. The molecule has 0 aliphatic heterocycles. The maximum atomic E-state index is 9.82. The molecule has 0 atom stereocenters. The second-order valence-corrected chi connectivity index (χ2v) is 4.71. The number of aromatic nitrogens is 2. The van der Waals surface area contributed by atoms with Crippen molar-refractivity contribution in [3.8, 4) is 17.1 Å². The molecule has 0 aliphatic carbocycles. The molecule has 0 aliphatic rings. The standard InChI is InChI=1S/C15H19N3O/c1-5-16-13-8-11(4)17-15(18-13)12-6-9(2)14(19)10(3)7-12/h6-8,19H,5H2,1-4H3,(H,16,17,18). The number of aryl methyl sites for hydroxylation is 3. The van der Waals surface area contributed by atoms with E-state index < -0.39 is 0 Å². The molecule has 1 heterocycles. The summed E-state index contributed by atoms with van der Waals surface area (Å²) in [6.07, 6.45) is 0. The highest BCUT2D eigenvalue weighted by Gasteiger charge is 2.09. The third-order valence-electron chi connectivity index (χ3n) is 2.96. The molecular weight excluding hydrogens is 238 g/mol. The molecule has 4 heteroatoms. The number of hydrogen-bond donors (Lipinski definition) is 2. The number of rotatable bonds is 3. The minimum atomic E-state index is 0.336. The van der Waals surface area contributed by atoms with Crippen LogP contribution in [-0.4, -0.2) is 21.6 Å². The lowest BCUT2D eigenvalue weighted by Gasteiger charge is -2.09. The van der Waals surface area contributed by atoms with E-state index >= 15 is 0 Å². The van der Waals surface area contributed by atoms with Gasteiger partial charge < -0.3 is 10.4 Å². The van der Waals surface area contributed by atoms with Gasteiger partial charge >= 0.3 is 0 Å². The van der Waals surface area contributed by atoms with E-state index in [2.05, 4.69) is 15.3 Å². The van der Waals surface area contributed by atoms with Crippen LogP contribution in [0.2, 0.25) is 0 Å². The van der Waals surface area contributed by atoms with Gasteiger partial charge in [-0.3, -0.25) is 0 Å². The molecule has 0 spiro atoms. The zero-order valence-electron chi connectivity index (χ0n) is 11.8. The van der Waals surface area contributed by atoms with E-state index in [4.69, 9.17) is 0 Å². The van der Waals surface area contributed by atoms with Crippen molar-refractivity contribution in [1.82, 2.24) is 9.97 Å². The Morgan fingerprint density at radius 2 is 1.68 bits per heavy atom. The summed E-state index contributed by atoms with van der Waals surface area (Å²) >= 11 is 0. The highest BCUT2D eigenvalue weighted by molar-refractivity contribution is 5.62. The maximum Gasteiger partial charge on any atom is 0.161 e. The van der Waals surface area contributed by atoms with E-state index in [-0.39, 0.29) is 0 Å². The van der Waals surface area contributed by atoms with Crippen LogP contribution < -0.4 is 5.32 Å². The van der Waals surface area contributed by atoms with Gasteiger partial charge in [-0.15, -0.1) is 0 Å². The second kappa shape index (κ2) is 5.26. The Balaban J connectivity index is 2.52. The second-order valence-electron chi connectivity index (χ2n) is 4.71. The van der Waals surface area contributed by atoms with Crippen molar-refractivity contribution in [3.05, 3.63) is 35.0 Å². The van der Waals surface area contributed by atoms with Gasteiger partial charge in [0.2, 0.25) is 0 Å². The monoisotopic (exact) mass is 257 g/mol. The zero-order valence-corrected chi connectivity index (χ0v) is 11.8. The molecule has 0 unspecified atom stereocenters. The number of nitrogens with one attached hydrogen (secondary N) is 1. The van der Waals surface area contributed by atoms with Gasteiger partial charge in [0.1, 0.15) is 11.6 Å². The molecule has 2 aromatic rings. The third-order valence-corrected chi connectivity index (χ3v) is 2.96. The molecule has 1 aromatic carbocycles. The summed E-state index contributed by atoms with van der Waals surface area (Å²) in [4.78, 5) is 8.97. The van der Waals surface area contributed by atoms with E-state index in [1.54, 1.807) is 0 Å². The third kappa shape index (κ3) is 2.84. The molecule has 100 valence electrons. The first-order valence-corrected chi connectivity index (χ1v) is 6.41. The first-order valence-electron chi connectivity index (χ1n) is 6.41. The summed E-state index contributed by atoms with van der Waals surface area (Å²) < 4.78 is 0. The van der Waals surface area contributed by atoms with Crippen LogP contribution in [0, 0.1) is 20.8 Å². The molecule has 0 radical (unpaired) electrons. The van der Waals surface area contributed by atoms with Crippen molar-refractivity contribution in [2.75, 3.05) is 11.9 Å². The van der Waals surface area contributed by atoms with Crippen LogP contribution in [0.5, 0.6) is 5.75 Å². The van der Waals surface area contributed by atoms with E-state index in [9.17, 15) is 5.11 Å². The SMILES string of the molecule is CCNc1cc(C)nc(-c2cc(C)c(O)c(C)c2)n1. The molecule has 4 nitrogen and oxygen atoms in total. The molecule has 0 fully saturated rings. The Labute approximate surface area is 113 Å². The molecule has 19 heavy (non-hydrogen) atoms. The summed E-state index contributed by atoms with van der Waals surface area (Å²) in [5, 5.41) is 13.0. The lowest BCUT2D eigenvalue weighted by Crippen LogP contribution is -2.02. The van der Waals surface area contributed by atoms with Crippen LogP contribution >= 0.6 is 0 Å². The summed E-state index contributed by atoms with van der Waals surface area (Å²) in [5.74, 6) is 1.85. The van der Waals surface area contributed by atoms with Gasteiger partial charge in [0.25, 0.3) is 0 Å². The molecule has 1 aromatic heterocycles. The number of phenolic OH excluding ortho intramolecular Hbond substituents is 1. The number of phenols is 1. The normalized spacial score (nSPS) is 10.5. The Bertz CT molecular complexity index is 585. The zero-order chi connectivity index (χ0) is 14.0. The van der Waals surface area contributed by atoms with Gasteiger partial charge in [-0.25, -0.2) is 9.97 Å². The molecule has 2 rings (SSSR count). The minimum absolute atomic E-state index is 0.336. The summed E-state index contributed by atoms with van der Waals surface area (Å²) in [6, 6.07) is 5.74. The Hall–Kier alpha value is -2.10. The largest absolute Gasteiger partial charge is 0.507 e. The smallest absolute Gasteiger partial charge is 0.161 e. The fourth-order valence-corrected chi connectivity index (χ4v) is 2.05. The predicted molar refractivity (Wildman–Crippen MR) is 77.5 cm³/mol. The van der Waals surface area contributed by atoms with E-state index in [0.717, 1.165) is 34.7 Å². The van der Waals surface area contributed by atoms with Gasteiger partial charge in [-0.1, -0.05) is 0 Å². The lowest BCUT2D eigenvalue weighted by molar-refractivity contribution is 0.467. The number of aromatic hydroxyl groups is 1. The highest BCUT2D eigenvalue weighted by Crippen LogP contribution is 2.28. The van der Waals surface area contributed by atoms with Gasteiger partial charge in [-0.2, -0.15) is 0 Å². The molecular formula is C15H19N3O. The van der Waals surface area contributed by atoms with Crippen molar-refractivity contribution in [2.24, 2.45) is 0 Å². The van der Waals surface area contributed by atoms with Crippen molar-refractivity contribution < 1.29 is 5.11 Å². The summed E-state index contributed by atoms with van der Waals surface area (Å²) in [7, 11) is 0. The average molecular weight is 257 g/mol. The van der Waals surface area contributed by atoms with Crippen LogP contribution in [0.3, 0.4) is 0 Å². The summed E-state index contributed by atoms with van der Waals surface area (Å²) in [6.45, 7) is 8.57. The first kappa shape index (κ1) is 13.3. The number of benzene rings is 1. The van der Waals surface area contributed by atoms with E-state index in [1.807, 2.05) is 45.9 Å². The Morgan fingerprint density at radius 3 is 2.26 bits per heavy atom. The minimum Gasteiger partial charge on any atom is -0.507 e. The number of anilines is 1. The van der Waals surface area contributed by atoms with Crippen molar-refractivity contribution in [2.45, 2.75) is 27.7 Å². The summed E-state index contributed by atoms with van der Waals surface area (Å²) in [5.41, 5.74) is 3.52. The Morgan fingerprint density at radius 1 is 1.05 bits per heavy atom. The topological polar surface area (TPSA) is 58.0 Å². The van der Waals surface area contributed by atoms with Gasteiger partial charge in [0.15, 0.2) is 5.82 Å². The highest BCUT2D eigenvalue weighted by atomic mass is 16.3. The van der Waals surface area contributed by atoms with Crippen LogP contribution in [0.15, 0.2) is 18.2 Å². The first-order chi connectivity index (χ1) is 9.01. The quantitative estimate of drug-likeness (QED) is 0.886.